The normalized spacial score (nSPS) is 18.2. The fourth-order valence-electron chi connectivity index (χ4n) is 3.80. The fraction of sp³-hybridized carbons (Fsp3) is 0.500. The Kier molecular flexibility index (Phi) is 9.97. The highest BCUT2D eigenvalue weighted by Gasteiger charge is 2.40. The highest BCUT2D eigenvalue weighted by Crippen LogP contribution is 2.21. The Morgan fingerprint density at radius 1 is 1.24 bits per heavy atom. The molecule has 186 valence electrons. The molecule has 0 radical (unpaired) electrons. The van der Waals surface area contributed by atoms with E-state index in [1.807, 2.05) is 38.3 Å². The highest BCUT2D eigenvalue weighted by molar-refractivity contribution is 7.98. The summed E-state index contributed by atoms with van der Waals surface area (Å²) in [6.07, 6.45) is 4.02. The number of primary amides is 1. The molecule has 3 atom stereocenters. The quantitative estimate of drug-likeness (QED) is 0.312. The Morgan fingerprint density at radius 3 is 2.53 bits per heavy atom. The molecule has 3 unspecified atom stereocenters. The minimum Gasteiger partial charge on any atom is -0.368 e. The lowest BCUT2D eigenvalue weighted by Gasteiger charge is -2.25. The van der Waals surface area contributed by atoms with E-state index < -0.39 is 36.0 Å². The van der Waals surface area contributed by atoms with Crippen molar-refractivity contribution in [2.24, 2.45) is 11.7 Å². The van der Waals surface area contributed by atoms with E-state index in [-0.39, 0.29) is 24.8 Å². The SMILES string of the molecule is CSc1cccc(NC(=O)NC2CC(C(=O)NC(CC(C)C)C(N)=O)N(C(=O)C=C(C)C)C2)c1. The lowest BCUT2D eigenvalue weighted by molar-refractivity contribution is -0.136. The van der Waals surface area contributed by atoms with Crippen molar-refractivity contribution in [1.29, 1.82) is 0 Å². The third kappa shape index (κ3) is 8.09. The summed E-state index contributed by atoms with van der Waals surface area (Å²) in [4.78, 5) is 52.7. The van der Waals surface area contributed by atoms with Gasteiger partial charge in [-0.3, -0.25) is 14.4 Å². The number of urea groups is 1. The molecule has 0 aliphatic carbocycles. The summed E-state index contributed by atoms with van der Waals surface area (Å²) < 4.78 is 0. The molecule has 1 heterocycles. The zero-order valence-corrected chi connectivity index (χ0v) is 21.2. The number of benzene rings is 1. The maximum Gasteiger partial charge on any atom is 0.319 e. The molecule has 1 aromatic carbocycles. The molecular formula is C24H35N5O4S. The van der Waals surface area contributed by atoms with Crippen molar-refractivity contribution in [2.45, 2.75) is 63.6 Å². The van der Waals surface area contributed by atoms with Crippen LogP contribution in [0.5, 0.6) is 0 Å². The third-order valence-electron chi connectivity index (χ3n) is 5.33. The van der Waals surface area contributed by atoms with Crippen LogP contribution in [0.3, 0.4) is 0 Å². The summed E-state index contributed by atoms with van der Waals surface area (Å²) in [5.74, 6) is -1.26. The Bertz CT molecular complexity index is 945. The number of rotatable bonds is 9. The maximum atomic E-state index is 13.1. The van der Waals surface area contributed by atoms with Gasteiger partial charge in [0.1, 0.15) is 12.1 Å². The van der Waals surface area contributed by atoms with Gasteiger partial charge in [-0.25, -0.2) is 4.79 Å². The van der Waals surface area contributed by atoms with Crippen LogP contribution in [-0.4, -0.2) is 59.6 Å². The molecule has 10 heteroatoms. The topological polar surface area (TPSA) is 134 Å². The standard InChI is InChI=1S/C24H35N5O4S/c1-14(2)9-19(22(25)31)28-23(32)20-12-17(13-29(20)21(30)10-15(3)4)27-24(33)26-16-7-6-8-18(11-16)34-5/h6-8,10-11,14,17,19-20H,9,12-13H2,1-5H3,(H2,25,31)(H,28,32)(H2,26,27,33). The van der Waals surface area contributed by atoms with Crippen molar-refractivity contribution < 1.29 is 19.2 Å². The molecule has 5 amide bonds. The Morgan fingerprint density at radius 2 is 1.94 bits per heavy atom. The first-order valence-electron chi connectivity index (χ1n) is 11.3. The minimum absolute atomic E-state index is 0.146. The van der Waals surface area contributed by atoms with Crippen LogP contribution in [-0.2, 0) is 14.4 Å². The molecule has 0 aromatic heterocycles. The molecule has 5 N–H and O–H groups in total. The average Bonchev–Trinajstić information content (AvgIpc) is 3.16. The van der Waals surface area contributed by atoms with E-state index in [0.29, 0.717) is 12.1 Å². The molecule has 1 aliphatic rings. The zero-order valence-electron chi connectivity index (χ0n) is 20.4. The minimum atomic E-state index is -0.831. The fourth-order valence-corrected chi connectivity index (χ4v) is 4.26. The van der Waals surface area contributed by atoms with E-state index in [9.17, 15) is 19.2 Å². The second-order valence-corrected chi connectivity index (χ2v) is 9.96. The van der Waals surface area contributed by atoms with Gasteiger partial charge in [0.05, 0.1) is 6.04 Å². The van der Waals surface area contributed by atoms with Gasteiger partial charge < -0.3 is 26.6 Å². The van der Waals surface area contributed by atoms with Gasteiger partial charge >= 0.3 is 6.03 Å². The number of thioether (sulfide) groups is 1. The van der Waals surface area contributed by atoms with Gasteiger partial charge in [0.2, 0.25) is 17.7 Å². The Balaban J connectivity index is 2.13. The van der Waals surface area contributed by atoms with E-state index in [4.69, 9.17) is 5.73 Å². The first-order valence-corrected chi connectivity index (χ1v) is 12.5. The van der Waals surface area contributed by atoms with Gasteiger partial charge in [-0.2, -0.15) is 0 Å². The summed E-state index contributed by atoms with van der Waals surface area (Å²) in [5, 5.41) is 8.34. The summed E-state index contributed by atoms with van der Waals surface area (Å²) in [6.45, 7) is 7.61. The zero-order chi connectivity index (χ0) is 25.4. The first kappa shape index (κ1) is 27.2. The predicted octanol–water partition coefficient (Wildman–Crippen LogP) is 2.48. The van der Waals surface area contributed by atoms with Crippen molar-refractivity contribution in [3.05, 3.63) is 35.9 Å². The molecule has 9 nitrogen and oxygen atoms in total. The van der Waals surface area contributed by atoms with Crippen molar-refractivity contribution in [2.75, 3.05) is 18.1 Å². The van der Waals surface area contributed by atoms with Gasteiger partial charge in [-0.15, -0.1) is 11.8 Å². The number of nitrogens with one attached hydrogen (secondary N) is 3. The van der Waals surface area contributed by atoms with Gasteiger partial charge in [0.25, 0.3) is 0 Å². The second-order valence-electron chi connectivity index (χ2n) is 9.08. The van der Waals surface area contributed by atoms with Crippen LogP contribution in [0.1, 0.15) is 40.5 Å². The highest BCUT2D eigenvalue weighted by atomic mass is 32.2. The van der Waals surface area contributed by atoms with E-state index in [1.54, 1.807) is 31.7 Å². The Labute approximate surface area is 205 Å². The number of hydrogen-bond acceptors (Lipinski definition) is 5. The molecule has 0 spiro atoms. The van der Waals surface area contributed by atoms with Crippen LogP contribution in [0.2, 0.25) is 0 Å². The Hall–Kier alpha value is -3.01. The van der Waals surface area contributed by atoms with E-state index in [0.717, 1.165) is 10.5 Å². The van der Waals surface area contributed by atoms with Crippen LogP contribution in [0.4, 0.5) is 10.5 Å². The van der Waals surface area contributed by atoms with E-state index >= 15 is 0 Å². The predicted molar refractivity (Wildman–Crippen MR) is 134 cm³/mol. The number of carbonyl (C=O) groups excluding carboxylic acids is 4. The van der Waals surface area contributed by atoms with Gasteiger partial charge in [0.15, 0.2) is 0 Å². The molecule has 2 rings (SSSR count). The third-order valence-corrected chi connectivity index (χ3v) is 6.05. The summed E-state index contributed by atoms with van der Waals surface area (Å²) >= 11 is 1.57. The van der Waals surface area contributed by atoms with Crippen LogP contribution in [0.25, 0.3) is 0 Å². The number of anilines is 1. The largest absolute Gasteiger partial charge is 0.368 e. The van der Waals surface area contributed by atoms with Crippen molar-refractivity contribution in [3.63, 3.8) is 0 Å². The summed E-state index contributed by atoms with van der Waals surface area (Å²) in [5.41, 5.74) is 6.91. The lowest BCUT2D eigenvalue weighted by atomic mass is 10.0. The van der Waals surface area contributed by atoms with Crippen molar-refractivity contribution in [3.8, 4) is 0 Å². The monoisotopic (exact) mass is 489 g/mol. The maximum absolute atomic E-state index is 13.1. The molecular weight excluding hydrogens is 454 g/mol. The number of amides is 5. The number of carbonyl (C=O) groups is 4. The van der Waals surface area contributed by atoms with Crippen LogP contribution in [0.15, 0.2) is 40.8 Å². The molecule has 1 fully saturated rings. The second kappa shape index (κ2) is 12.5. The molecule has 0 saturated carbocycles. The van der Waals surface area contributed by atoms with Gasteiger partial charge in [-0.05, 0) is 57.1 Å². The number of nitrogens with two attached hydrogens (primary N) is 1. The van der Waals surface area contributed by atoms with Crippen LogP contribution < -0.4 is 21.7 Å². The van der Waals surface area contributed by atoms with Crippen LogP contribution >= 0.6 is 11.8 Å². The molecule has 1 aliphatic heterocycles. The molecule has 34 heavy (non-hydrogen) atoms. The number of hydrogen-bond donors (Lipinski definition) is 4. The molecule has 1 saturated heterocycles. The van der Waals surface area contributed by atoms with E-state index in [1.165, 1.54) is 11.0 Å². The van der Waals surface area contributed by atoms with Crippen LogP contribution in [0, 0.1) is 5.92 Å². The number of nitrogens with zero attached hydrogens (tertiary/aromatic N) is 1. The van der Waals surface area contributed by atoms with Crippen molar-refractivity contribution >= 4 is 41.2 Å². The molecule has 0 bridgehead atoms. The molecule has 1 aromatic rings. The van der Waals surface area contributed by atoms with Crippen molar-refractivity contribution in [1.82, 2.24) is 15.5 Å². The number of allylic oxidation sites excluding steroid dienone is 1. The summed E-state index contributed by atoms with van der Waals surface area (Å²) in [7, 11) is 0. The average molecular weight is 490 g/mol. The van der Waals surface area contributed by atoms with E-state index in [2.05, 4.69) is 16.0 Å². The van der Waals surface area contributed by atoms with Gasteiger partial charge in [0, 0.05) is 23.2 Å². The van der Waals surface area contributed by atoms with Gasteiger partial charge in [-0.1, -0.05) is 25.5 Å². The first-order chi connectivity index (χ1) is 16.0. The number of likely N-dealkylation sites (tertiary alicyclic amines) is 1. The lowest BCUT2D eigenvalue weighted by Crippen LogP contribution is -2.52. The smallest absolute Gasteiger partial charge is 0.319 e. The summed E-state index contributed by atoms with van der Waals surface area (Å²) in [6, 6.07) is 4.92.